The van der Waals surface area contributed by atoms with Crippen molar-refractivity contribution in [1.82, 2.24) is 5.32 Å². The molecule has 0 fully saturated rings. The molecular formula is C25H37NO6. The number of ether oxygens (including phenoxy) is 3. The molecule has 1 atom stereocenters. The molecule has 1 amide bonds. The van der Waals surface area contributed by atoms with Crippen molar-refractivity contribution in [2.75, 3.05) is 20.8 Å². The Morgan fingerprint density at radius 2 is 1.84 bits per heavy atom. The first-order chi connectivity index (χ1) is 15.1. The number of rotatable bonds is 12. The van der Waals surface area contributed by atoms with Gasteiger partial charge in [-0.1, -0.05) is 17.2 Å². The van der Waals surface area contributed by atoms with E-state index in [1.807, 2.05) is 13.0 Å². The van der Waals surface area contributed by atoms with Gasteiger partial charge in [0.2, 0.25) is 5.75 Å². The summed E-state index contributed by atoms with van der Waals surface area (Å²) in [5, 5.41) is 22.5. The number of methoxy groups -OCH3 is 2. The second-order valence-corrected chi connectivity index (χ2v) is 8.81. The number of carbonyl (C=O) groups excluding carboxylic acids is 1. The average molecular weight is 448 g/mol. The largest absolute Gasteiger partial charge is 0.493 e. The highest BCUT2D eigenvalue weighted by molar-refractivity contribution is 6.00. The third kappa shape index (κ3) is 6.74. The maximum atomic E-state index is 12.0. The zero-order chi connectivity index (χ0) is 23.9. The summed E-state index contributed by atoms with van der Waals surface area (Å²) in [6.07, 6.45) is 6.55. The molecule has 0 bridgehead atoms. The van der Waals surface area contributed by atoms with Crippen molar-refractivity contribution in [2.24, 2.45) is 0 Å². The number of hydrogen-bond donors (Lipinski definition) is 3. The Hall–Kier alpha value is -2.51. The first-order valence-electron chi connectivity index (χ1n) is 11.0. The van der Waals surface area contributed by atoms with Crippen molar-refractivity contribution < 1.29 is 29.2 Å². The molecule has 0 unspecified atom stereocenters. The number of amides is 1. The van der Waals surface area contributed by atoms with Gasteiger partial charge in [0.25, 0.3) is 5.91 Å². The molecule has 0 radical (unpaired) electrons. The number of carbonyl (C=O) groups is 1. The maximum Gasteiger partial charge on any atom is 0.252 e. The van der Waals surface area contributed by atoms with Crippen LogP contribution in [0.5, 0.6) is 17.2 Å². The summed E-state index contributed by atoms with van der Waals surface area (Å²) in [5.41, 5.74) is 2.66. The standard InChI is InChI=1S/C25H37NO6/c1-16(10-11-21(27)25(3,4)29)8-7-9-17(2)12-13-32-23-20(30-5)14-18-19(22(23)31-6)15-26-24(18)28/h8,12,14,21,27,29H,7,9-11,13,15H2,1-6H3,(H,26,28)/b16-8+,17-12+/t21-/m0/s1. The summed E-state index contributed by atoms with van der Waals surface area (Å²) < 4.78 is 16.9. The molecule has 3 N–H and O–H groups in total. The second-order valence-electron chi connectivity index (χ2n) is 8.81. The van der Waals surface area contributed by atoms with Gasteiger partial charge >= 0.3 is 0 Å². The van der Waals surface area contributed by atoms with Crippen LogP contribution >= 0.6 is 0 Å². The highest BCUT2D eigenvalue weighted by Crippen LogP contribution is 2.43. The van der Waals surface area contributed by atoms with Gasteiger partial charge in [0.1, 0.15) is 6.61 Å². The van der Waals surface area contributed by atoms with E-state index in [1.165, 1.54) is 18.3 Å². The minimum atomic E-state index is -1.07. The quantitative estimate of drug-likeness (QED) is 0.420. The molecule has 1 aliphatic heterocycles. The van der Waals surface area contributed by atoms with Crippen molar-refractivity contribution in [3.05, 3.63) is 40.5 Å². The van der Waals surface area contributed by atoms with Crippen LogP contribution in [0, 0.1) is 0 Å². The van der Waals surface area contributed by atoms with Gasteiger partial charge in [-0.25, -0.2) is 0 Å². The van der Waals surface area contributed by atoms with Crippen LogP contribution in [0.2, 0.25) is 0 Å². The van der Waals surface area contributed by atoms with E-state index in [0.29, 0.717) is 42.4 Å². The van der Waals surface area contributed by atoms with Crippen LogP contribution in [0.4, 0.5) is 0 Å². The van der Waals surface area contributed by atoms with Crippen LogP contribution in [0.1, 0.15) is 69.3 Å². The lowest BCUT2D eigenvalue weighted by Gasteiger charge is -2.24. The van der Waals surface area contributed by atoms with Crippen molar-refractivity contribution in [3.8, 4) is 17.2 Å². The van der Waals surface area contributed by atoms with E-state index in [9.17, 15) is 15.0 Å². The fourth-order valence-corrected chi connectivity index (χ4v) is 3.54. The van der Waals surface area contributed by atoms with Gasteiger partial charge in [0.05, 0.1) is 31.5 Å². The van der Waals surface area contributed by atoms with Gasteiger partial charge in [-0.3, -0.25) is 4.79 Å². The first kappa shape index (κ1) is 25.7. The number of aliphatic hydroxyl groups excluding tert-OH is 1. The van der Waals surface area contributed by atoms with E-state index >= 15 is 0 Å². The Labute approximate surface area is 191 Å². The third-order valence-electron chi connectivity index (χ3n) is 5.72. The lowest BCUT2D eigenvalue weighted by Crippen LogP contribution is -2.35. The van der Waals surface area contributed by atoms with E-state index in [4.69, 9.17) is 14.2 Å². The molecule has 1 aliphatic rings. The van der Waals surface area contributed by atoms with E-state index in [1.54, 1.807) is 27.0 Å². The zero-order valence-electron chi connectivity index (χ0n) is 20.1. The predicted molar refractivity (Wildman–Crippen MR) is 124 cm³/mol. The van der Waals surface area contributed by atoms with Gasteiger partial charge in [0, 0.05) is 12.1 Å². The molecule has 0 spiro atoms. The topological polar surface area (TPSA) is 97.2 Å². The minimum absolute atomic E-state index is 0.142. The molecule has 0 aliphatic carbocycles. The van der Waals surface area contributed by atoms with E-state index in [0.717, 1.165) is 24.8 Å². The van der Waals surface area contributed by atoms with Crippen molar-refractivity contribution in [3.63, 3.8) is 0 Å². The van der Waals surface area contributed by atoms with Crippen molar-refractivity contribution >= 4 is 5.91 Å². The molecule has 0 saturated heterocycles. The molecule has 7 nitrogen and oxygen atoms in total. The number of fused-ring (bicyclic) bond motifs is 1. The molecule has 178 valence electrons. The Kier molecular flexibility index (Phi) is 9.16. The van der Waals surface area contributed by atoms with Gasteiger partial charge in [-0.05, 0) is 65.5 Å². The van der Waals surface area contributed by atoms with Crippen LogP contribution < -0.4 is 19.5 Å². The Morgan fingerprint density at radius 1 is 1.16 bits per heavy atom. The summed E-state index contributed by atoms with van der Waals surface area (Å²) >= 11 is 0. The number of aliphatic hydroxyl groups is 2. The number of benzene rings is 1. The normalized spacial score (nSPS) is 15.3. The van der Waals surface area contributed by atoms with Gasteiger partial charge in [-0.2, -0.15) is 0 Å². The smallest absolute Gasteiger partial charge is 0.252 e. The second kappa shape index (κ2) is 11.4. The SMILES string of the molecule is COc1cc2c(c(OC)c1OC/C=C(\C)CC/C=C(\C)CC[C@H](O)C(C)(C)O)CNC2=O. The fraction of sp³-hybridized carbons (Fsp3) is 0.560. The molecule has 0 aromatic heterocycles. The van der Waals surface area contributed by atoms with Gasteiger partial charge in [0.15, 0.2) is 11.5 Å². The van der Waals surface area contributed by atoms with Crippen molar-refractivity contribution in [1.29, 1.82) is 0 Å². The summed E-state index contributed by atoms with van der Waals surface area (Å²) in [6, 6.07) is 1.69. The van der Waals surface area contributed by atoms with Crippen LogP contribution in [0.3, 0.4) is 0 Å². The van der Waals surface area contributed by atoms with Crippen LogP contribution in [-0.4, -0.2) is 48.7 Å². The molecule has 2 rings (SSSR count). The van der Waals surface area contributed by atoms with Crippen LogP contribution in [-0.2, 0) is 6.54 Å². The fourth-order valence-electron chi connectivity index (χ4n) is 3.54. The molecular weight excluding hydrogens is 410 g/mol. The predicted octanol–water partition coefficient (Wildman–Crippen LogP) is 3.91. The van der Waals surface area contributed by atoms with Gasteiger partial charge < -0.3 is 29.7 Å². The molecule has 32 heavy (non-hydrogen) atoms. The summed E-state index contributed by atoms with van der Waals surface area (Å²) in [4.78, 5) is 12.0. The average Bonchev–Trinajstić information content (AvgIpc) is 3.10. The maximum absolute atomic E-state index is 12.0. The monoisotopic (exact) mass is 447 g/mol. The number of hydrogen-bond acceptors (Lipinski definition) is 6. The minimum Gasteiger partial charge on any atom is -0.493 e. The Balaban J connectivity index is 1.91. The summed E-state index contributed by atoms with van der Waals surface area (Å²) in [6.45, 7) is 8.12. The highest BCUT2D eigenvalue weighted by atomic mass is 16.5. The van der Waals surface area contributed by atoms with Crippen LogP contribution in [0.15, 0.2) is 29.4 Å². The molecule has 1 aromatic rings. The van der Waals surface area contributed by atoms with E-state index < -0.39 is 11.7 Å². The lowest BCUT2D eigenvalue weighted by atomic mass is 9.95. The van der Waals surface area contributed by atoms with Crippen molar-refractivity contribution in [2.45, 2.75) is 71.6 Å². The molecule has 1 heterocycles. The molecule has 7 heteroatoms. The summed E-state index contributed by atoms with van der Waals surface area (Å²) in [7, 11) is 3.10. The Morgan fingerprint density at radius 3 is 2.47 bits per heavy atom. The zero-order valence-corrected chi connectivity index (χ0v) is 20.1. The summed E-state index contributed by atoms with van der Waals surface area (Å²) in [5.74, 6) is 1.35. The van der Waals surface area contributed by atoms with Gasteiger partial charge in [-0.15, -0.1) is 0 Å². The lowest BCUT2D eigenvalue weighted by molar-refractivity contribution is -0.0509. The third-order valence-corrected chi connectivity index (χ3v) is 5.72. The molecule has 1 aromatic carbocycles. The van der Waals surface area contributed by atoms with Crippen LogP contribution in [0.25, 0.3) is 0 Å². The van der Waals surface area contributed by atoms with E-state index in [-0.39, 0.29) is 5.91 Å². The Bertz CT molecular complexity index is 866. The number of allylic oxidation sites excluding steroid dienone is 3. The first-order valence-corrected chi connectivity index (χ1v) is 11.0. The number of nitrogens with one attached hydrogen (secondary N) is 1. The molecule has 0 saturated carbocycles. The highest BCUT2D eigenvalue weighted by Gasteiger charge is 2.28. The van der Waals surface area contributed by atoms with E-state index in [2.05, 4.69) is 18.3 Å².